The van der Waals surface area contributed by atoms with Crippen LogP contribution in [0.25, 0.3) is 0 Å². The van der Waals surface area contributed by atoms with Crippen LogP contribution in [-0.2, 0) is 10.0 Å². The van der Waals surface area contributed by atoms with E-state index in [2.05, 4.69) is 30.8 Å². The summed E-state index contributed by atoms with van der Waals surface area (Å²) in [6.45, 7) is 7.93. The smallest absolute Gasteiger partial charge is 0.240 e. The quantitative estimate of drug-likeness (QED) is 0.894. The molecule has 2 N–H and O–H groups in total. The summed E-state index contributed by atoms with van der Waals surface area (Å²) in [6.07, 6.45) is 0.838. The maximum atomic E-state index is 12.5. The Morgan fingerprint density at radius 2 is 2.10 bits per heavy atom. The second kappa shape index (κ2) is 6.24. The molecule has 1 aromatic carbocycles. The lowest BCUT2D eigenvalue weighted by Crippen LogP contribution is -2.48. The summed E-state index contributed by atoms with van der Waals surface area (Å²) in [5.41, 5.74) is 1.05. The molecular weight excluding hydrogens is 272 g/mol. The van der Waals surface area contributed by atoms with Gasteiger partial charge in [-0.1, -0.05) is 32.9 Å². The first kappa shape index (κ1) is 15.5. The molecule has 1 heterocycles. The van der Waals surface area contributed by atoms with Gasteiger partial charge in [-0.3, -0.25) is 0 Å². The molecule has 2 rings (SSSR count). The van der Waals surface area contributed by atoms with Crippen LogP contribution in [-0.4, -0.2) is 27.5 Å². The topological polar surface area (TPSA) is 58.2 Å². The molecule has 1 aromatic rings. The van der Waals surface area contributed by atoms with E-state index in [1.165, 1.54) is 0 Å². The molecule has 1 fully saturated rings. The first-order chi connectivity index (χ1) is 9.40. The Hall–Kier alpha value is -0.910. The van der Waals surface area contributed by atoms with Gasteiger partial charge in [0.05, 0.1) is 4.90 Å². The molecule has 1 aliphatic rings. The van der Waals surface area contributed by atoms with Gasteiger partial charge < -0.3 is 5.32 Å². The number of piperidine rings is 1. The molecule has 0 bridgehead atoms. The Bertz CT molecular complexity index is 555. The lowest BCUT2D eigenvalue weighted by Gasteiger charge is -2.30. The van der Waals surface area contributed by atoms with Crippen molar-refractivity contribution in [2.24, 2.45) is 5.92 Å². The zero-order chi connectivity index (χ0) is 14.8. The van der Waals surface area contributed by atoms with Crippen LogP contribution >= 0.6 is 0 Å². The number of benzene rings is 1. The molecule has 1 aliphatic heterocycles. The Morgan fingerprint density at radius 1 is 1.35 bits per heavy atom. The fourth-order valence-corrected chi connectivity index (χ4v) is 3.93. The first-order valence-corrected chi connectivity index (χ1v) is 8.71. The summed E-state index contributed by atoms with van der Waals surface area (Å²) >= 11 is 0. The minimum Gasteiger partial charge on any atom is -0.316 e. The van der Waals surface area contributed by atoms with Gasteiger partial charge in [-0.05, 0) is 49.0 Å². The summed E-state index contributed by atoms with van der Waals surface area (Å²) in [5.74, 6) is 0.634. The van der Waals surface area contributed by atoms with Crippen molar-refractivity contribution in [2.45, 2.75) is 44.0 Å². The van der Waals surface area contributed by atoms with Gasteiger partial charge in [-0.15, -0.1) is 0 Å². The predicted molar refractivity (Wildman–Crippen MR) is 81.3 cm³/mol. The van der Waals surface area contributed by atoms with Gasteiger partial charge in [0, 0.05) is 6.04 Å². The molecule has 20 heavy (non-hydrogen) atoms. The largest absolute Gasteiger partial charge is 0.316 e. The van der Waals surface area contributed by atoms with Crippen molar-refractivity contribution >= 4 is 10.0 Å². The minimum absolute atomic E-state index is 0.0176. The van der Waals surface area contributed by atoms with E-state index in [-0.39, 0.29) is 6.04 Å². The molecule has 0 radical (unpaired) electrons. The number of nitrogens with one attached hydrogen (secondary N) is 2. The third kappa shape index (κ3) is 3.59. The van der Waals surface area contributed by atoms with Gasteiger partial charge in [0.2, 0.25) is 10.0 Å². The summed E-state index contributed by atoms with van der Waals surface area (Å²) in [5, 5.41) is 3.28. The predicted octanol–water partition coefficient (Wildman–Crippen LogP) is 2.09. The van der Waals surface area contributed by atoms with Crippen LogP contribution < -0.4 is 10.0 Å². The highest BCUT2D eigenvalue weighted by atomic mass is 32.2. The first-order valence-electron chi connectivity index (χ1n) is 7.23. The van der Waals surface area contributed by atoms with E-state index >= 15 is 0 Å². The second-order valence-corrected chi connectivity index (χ2v) is 7.64. The van der Waals surface area contributed by atoms with E-state index in [4.69, 9.17) is 0 Å². The SMILES string of the molecule is CC(C)c1cccc(S(=O)(=O)NC2CCNCC2C)c1. The van der Waals surface area contributed by atoms with Crippen molar-refractivity contribution in [1.29, 1.82) is 0 Å². The van der Waals surface area contributed by atoms with Crippen molar-refractivity contribution in [2.75, 3.05) is 13.1 Å². The van der Waals surface area contributed by atoms with Crippen LogP contribution in [0.2, 0.25) is 0 Å². The molecule has 5 heteroatoms. The molecule has 4 nitrogen and oxygen atoms in total. The zero-order valence-electron chi connectivity index (χ0n) is 12.4. The van der Waals surface area contributed by atoms with Gasteiger partial charge in [0.1, 0.15) is 0 Å². The van der Waals surface area contributed by atoms with Crippen LogP contribution in [0.1, 0.15) is 38.7 Å². The summed E-state index contributed by atoms with van der Waals surface area (Å²) < 4.78 is 27.8. The number of rotatable bonds is 4. The maximum absolute atomic E-state index is 12.5. The molecule has 112 valence electrons. The number of hydrogen-bond donors (Lipinski definition) is 2. The number of hydrogen-bond acceptors (Lipinski definition) is 3. The Morgan fingerprint density at radius 3 is 2.75 bits per heavy atom. The molecule has 2 atom stereocenters. The molecule has 2 unspecified atom stereocenters. The van der Waals surface area contributed by atoms with E-state index in [1.54, 1.807) is 12.1 Å². The van der Waals surface area contributed by atoms with Crippen molar-refractivity contribution < 1.29 is 8.42 Å². The average molecular weight is 296 g/mol. The fourth-order valence-electron chi connectivity index (χ4n) is 2.50. The molecule has 1 saturated heterocycles. The van der Waals surface area contributed by atoms with E-state index in [1.807, 2.05) is 12.1 Å². The van der Waals surface area contributed by atoms with Crippen molar-refractivity contribution in [3.8, 4) is 0 Å². The lowest BCUT2D eigenvalue weighted by atomic mass is 9.97. The van der Waals surface area contributed by atoms with Gasteiger partial charge in [-0.25, -0.2) is 13.1 Å². The molecule has 0 aliphatic carbocycles. The summed E-state index contributed by atoms with van der Waals surface area (Å²) in [7, 11) is -3.43. The van der Waals surface area contributed by atoms with Crippen LogP contribution in [0.3, 0.4) is 0 Å². The third-order valence-corrected chi connectivity index (χ3v) is 5.41. The molecule has 0 spiro atoms. The zero-order valence-corrected chi connectivity index (χ0v) is 13.2. The third-order valence-electron chi connectivity index (χ3n) is 3.93. The summed E-state index contributed by atoms with van der Waals surface area (Å²) in [4.78, 5) is 0.370. The normalized spacial score (nSPS) is 24.0. The highest BCUT2D eigenvalue weighted by Crippen LogP contribution is 2.20. The second-order valence-electron chi connectivity index (χ2n) is 5.93. The molecule has 0 amide bonds. The highest BCUT2D eigenvalue weighted by Gasteiger charge is 2.26. The maximum Gasteiger partial charge on any atom is 0.240 e. The van der Waals surface area contributed by atoms with Gasteiger partial charge in [0.15, 0.2) is 0 Å². The molecule has 0 saturated carbocycles. The van der Waals surface area contributed by atoms with Gasteiger partial charge in [0.25, 0.3) is 0 Å². The van der Waals surface area contributed by atoms with Crippen LogP contribution in [0, 0.1) is 5.92 Å². The standard InChI is InChI=1S/C15H24N2O2S/c1-11(2)13-5-4-6-14(9-13)20(18,19)17-15-7-8-16-10-12(15)3/h4-6,9,11-12,15-17H,7-8,10H2,1-3H3. The van der Waals surface area contributed by atoms with E-state index in [0.29, 0.717) is 16.7 Å². The van der Waals surface area contributed by atoms with Crippen LogP contribution in [0.15, 0.2) is 29.2 Å². The van der Waals surface area contributed by atoms with Gasteiger partial charge in [-0.2, -0.15) is 0 Å². The average Bonchev–Trinajstić information content (AvgIpc) is 2.41. The van der Waals surface area contributed by atoms with E-state index in [0.717, 1.165) is 25.1 Å². The Balaban J connectivity index is 2.19. The fraction of sp³-hybridized carbons (Fsp3) is 0.600. The van der Waals surface area contributed by atoms with E-state index < -0.39 is 10.0 Å². The summed E-state index contributed by atoms with van der Waals surface area (Å²) in [6, 6.07) is 7.25. The van der Waals surface area contributed by atoms with Crippen LogP contribution in [0.5, 0.6) is 0 Å². The molecule has 0 aromatic heterocycles. The minimum atomic E-state index is -3.43. The lowest BCUT2D eigenvalue weighted by molar-refractivity contribution is 0.328. The molecular formula is C15H24N2O2S. The Labute approximate surface area is 122 Å². The van der Waals surface area contributed by atoms with Crippen molar-refractivity contribution in [3.05, 3.63) is 29.8 Å². The van der Waals surface area contributed by atoms with Gasteiger partial charge >= 0.3 is 0 Å². The Kier molecular flexibility index (Phi) is 4.83. The van der Waals surface area contributed by atoms with Crippen molar-refractivity contribution in [3.63, 3.8) is 0 Å². The van der Waals surface area contributed by atoms with Crippen LogP contribution in [0.4, 0.5) is 0 Å². The highest BCUT2D eigenvalue weighted by molar-refractivity contribution is 7.89. The van der Waals surface area contributed by atoms with E-state index in [9.17, 15) is 8.42 Å². The van der Waals surface area contributed by atoms with Crippen molar-refractivity contribution in [1.82, 2.24) is 10.0 Å². The number of sulfonamides is 1. The monoisotopic (exact) mass is 296 g/mol.